The van der Waals surface area contributed by atoms with Crippen LogP contribution in [0.25, 0.3) is 0 Å². The number of aliphatic hydroxyl groups is 1. The Balaban J connectivity index is 2.54. The lowest BCUT2D eigenvalue weighted by atomic mass is 9.89. The summed E-state index contributed by atoms with van der Waals surface area (Å²) in [5.41, 5.74) is 0.266. The van der Waals surface area contributed by atoms with Crippen molar-refractivity contribution in [3.63, 3.8) is 0 Å². The lowest BCUT2D eigenvalue weighted by Gasteiger charge is -2.43. The molecule has 0 aromatic heterocycles. The van der Waals surface area contributed by atoms with Gasteiger partial charge in [0.2, 0.25) is 0 Å². The van der Waals surface area contributed by atoms with Crippen molar-refractivity contribution in [1.82, 2.24) is 4.90 Å². The van der Waals surface area contributed by atoms with Gasteiger partial charge in [-0.25, -0.2) is 0 Å². The van der Waals surface area contributed by atoms with Crippen LogP contribution in [0.2, 0.25) is 0 Å². The summed E-state index contributed by atoms with van der Waals surface area (Å²) >= 11 is 0. The van der Waals surface area contributed by atoms with Gasteiger partial charge < -0.3 is 5.11 Å². The number of nitrogens with zero attached hydrogens (tertiary/aromatic N) is 1. The second-order valence-corrected chi connectivity index (χ2v) is 5.42. The number of hydrogen-bond acceptors (Lipinski definition) is 2. The highest BCUT2D eigenvalue weighted by Gasteiger charge is 2.30. The van der Waals surface area contributed by atoms with Gasteiger partial charge in [-0.1, -0.05) is 6.92 Å². The molecule has 1 fully saturated rings. The molecule has 0 saturated heterocycles. The van der Waals surface area contributed by atoms with E-state index >= 15 is 0 Å². The molecule has 84 valence electrons. The van der Waals surface area contributed by atoms with Crippen LogP contribution in [0.3, 0.4) is 0 Å². The summed E-state index contributed by atoms with van der Waals surface area (Å²) in [6.07, 6.45) is 4.25. The molecule has 1 aliphatic rings. The van der Waals surface area contributed by atoms with Gasteiger partial charge >= 0.3 is 0 Å². The topological polar surface area (TPSA) is 23.5 Å². The van der Waals surface area contributed by atoms with E-state index in [0.717, 1.165) is 32.2 Å². The predicted molar refractivity (Wildman–Crippen MR) is 60.4 cm³/mol. The van der Waals surface area contributed by atoms with E-state index in [9.17, 15) is 5.11 Å². The molecule has 0 amide bonds. The van der Waals surface area contributed by atoms with Crippen LogP contribution in [0, 0.1) is 0 Å². The Morgan fingerprint density at radius 2 is 1.64 bits per heavy atom. The second-order valence-electron chi connectivity index (χ2n) is 5.42. The highest BCUT2D eigenvalue weighted by Crippen LogP contribution is 2.27. The molecule has 1 aliphatic carbocycles. The van der Waals surface area contributed by atoms with Gasteiger partial charge in [-0.3, -0.25) is 4.90 Å². The number of hydrogen-bond donors (Lipinski definition) is 1. The molecule has 1 N–H and O–H groups in total. The van der Waals surface area contributed by atoms with E-state index in [1.807, 2.05) is 0 Å². The molecule has 0 heterocycles. The molecular formula is C12H25NO. The molecule has 0 aromatic rings. The van der Waals surface area contributed by atoms with Crippen molar-refractivity contribution in [1.29, 1.82) is 0 Å². The first-order valence-electron chi connectivity index (χ1n) is 5.90. The fraction of sp³-hybridized carbons (Fsp3) is 1.00. The zero-order valence-corrected chi connectivity index (χ0v) is 10.1. The van der Waals surface area contributed by atoms with Gasteiger partial charge in [-0.05, 0) is 53.0 Å². The normalized spacial score (nSPS) is 29.6. The highest BCUT2D eigenvalue weighted by atomic mass is 16.3. The quantitative estimate of drug-likeness (QED) is 0.738. The van der Waals surface area contributed by atoms with Crippen molar-refractivity contribution in [2.45, 2.75) is 71.1 Å². The van der Waals surface area contributed by atoms with Gasteiger partial charge in [-0.15, -0.1) is 0 Å². The molecule has 0 unspecified atom stereocenters. The second kappa shape index (κ2) is 4.63. The Morgan fingerprint density at radius 1 is 1.14 bits per heavy atom. The molecule has 0 radical (unpaired) electrons. The average molecular weight is 199 g/mol. The van der Waals surface area contributed by atoms with Crippen LogP contribution in [-0.4, -0.2) is 34.2 Å². The van der Waals surface area contributed by atoms with Gasteiger partial charge in [0.05, 0.1) is 6.10 Å². The van der Waals surface area contributed by atoms with E-state index < -0.39 is 0 Å². The maximum atomic E-state index is 9.47. The van der Waals surface area contributed by atoms with Crippen molar-refractivity contribution in [3.8, 4) is 0 Å². The Kier molecular flexibility index (Phi) is 3.96. The van der Waals surface area contributed by atoms with Crippen LogP contribution in [0.4, 0.5) is 0 Å². The standard InChI is InChI=1S/C12H25NO/c1-5-13(12(2,3)4)10-6-8-11(14)9-7-10/h10-11,14H,5-9H2,1-4H3. The molecule has 0 bridgehead atoms. The zero-order chi connectivity index (χ0) is 10.8. The van der Waals surface area contributed by atoms with Crippen LogP contribution in [-0.2, 0) is 0 Å². The minimum atomic E-state index is -0.0371. The molecule has 1 saturated carbocycles. The summed E-state index contributed by atoms with van der Waals surface area (Å²) in [5.74, 6) is 0. The third-order valence-corrected chi connectivity index (χ3v) is 3.31. The molecule has 0 atom stereocenters. The summed E-state index contributed by atoms with van der Waals surface area (Å²) < 4.78 is 0. The van der Waals surface area contributed by atoms with Crippen LogP contribution in [0.1, 0.15) is 53.4 Å². The third-order valence-electron chi connectivity index (χ3n) is 3.31. The van der Waals surface area contributed by atoms with Crippen LogP contribution >= 0.6 is 0 Å². The highest BCUT2D eigenvalue weighted by molar-refractivity contribution is 4.85. The smallest absolute Gasteiger partial charge is 0.0541 e. The van der Waals surface area contributed by atoms with Gasteiger partial charge in [0.1, 0.15) is 0 Å². The van der Waals surface area contributed by atoms with Gasteiger partial charge in [0.25, 0.3) is 0 Å². The van der Waals surface area contributed by atoms with Crippen molar-refractivity contribution in [2.75, 3.05) is 6.54 Å². The minimum Gasteiger partial charge on any atom is -0.393 e. The predicted octanol–water partition coefficient (Wildman–Crippen LogP) is 2.41. The Labute approximate surface area is 88.3 Å². The van der Waals surface area contributed by atoms with Gasteiger partial charge in [0.15, 0.2) is 0 Å². The van der Waals surface area contributed by atoms with Gasteiger partial charge in [-0.2, -0.15) is 0 Å². The summed E-state index contributed by atoms with van der Waals surface area (Å²) in [4.78, 5) is 2.57. The molecule has 0 aromatic carbocycles. The van der Waals surface area contributed by atoms with Crippen LogP contribution in [0.5, 0.6) is 0 Å². The van der Waals surface area contributed by atoms with E-state index in [0.29, 0.717) is 6.04 Å². The monoisotopic (exact) mass is 199 g/mol. The Bertz CT molecular complexity index is 166. The lowest BCUT2D eigenvalue weighted by molar-refractivity contribution is 0.0305. The number of aliphatic hydroxyl groups excluding tert-OH is 1. The molecular weight excluding hydrogens is 174 g/mol. The first-order valence-corrected chi connectivity index (χ1v) is 5.90. The molecule has 0 aliphatic heterocycles. The summed E-state index contributed by atoms with van der Waals surface area (Å²) in [6, 6.07) is 0.684. The van der Waals surface area contributed by atoms with E-state index in [1.165, 1.54) is 0 Å². The van der Waals surface area contributed by atoms with E-state index in [2.05, 4.69) is 32.6 Å². The first kappa shape index (κ1) is 12.0. The van der Waals surface area contributed by atoms with Crippen LogP contribution < -0.4 is 0 Å². The zero-order valence-electron chi connectivity index (χ0n) is 10.1. The molecule has 0 spiro atoms. The summed E-state index contributed by atoms with van der Waals surface area (Å²) in [5, 5.41) is 9.47. The van der Waals surface area contributed by atoms with Crippen molar-refractivity contribution in [3.05, 3.63) is 0 Å². The molecule has 1 rings (SSSR count). The van der Waals surface area contributed by atoms with E-state index in [1.54, 1.807) is 0 Å². The van der Waals surface area contributed by atoms with Crippen molar-refractivity contribution >= 4 is 0 Å². The summed E-state index contributed by atoms with van der Waals surface area (Å²) in [7, 11) is 0. The fourth-order valence-electron chi connectivity index (χ4n) is 2.65. The lowest BCUT2D eigenvalue weighted by Crippen LogP contribution is -2.49. The largest absolute Gasteiger partial charge is 0.393 e. The Hall–Kier alpha value is -0.0800. The van der Waals surface area contributed by atoms with Gasteiger partial charge in [0, 0.05) is 11.6 Å². The fourth-order valence-corrected chi connectivity index (χ4v) is 2.65. The third kappa shape index (κ3) is 2.96. The molecule has 14 heavy (non-hydrogen) atoms. The maximum Gasteiger partial charge on any atom is 0.0541 e. The molecule has 2 heteroatoms. The van der Waals surface area contributed by atoms with E-state index in [4.69, 9.17) is 0 Å². The number of rotatable bonds is 2. The summed E-state index contributed by atoms with van der Waals surface area (Å²) in [6.45, 7) is 10.2. The minimum absolute atomic E-state index is 0.0371. The first-order chi connectivity index (χ1) is 6.45. The van der Waals surface area contributed by atoms with Crippen molar-refractivity contribution < 1.29 is 5.11 Å². The van der Waals surface area contributed by atoms with Crippen molar-refractivity contribution in [2.24, 2.45) is 0 Å². The maximum absolute atomic E-state index is 9.47. The average Bonchev–Trinajstić information content (AvgIpc) is 2.07. The Morgan fingerprint density at radius 3 is 2.00 bits per heavy atom. The van der Waals surface area contributed by atoms with Crippen LogP contribution in [0.15, 0.2) is 0 Å². The molecule has 2 nitrogen and oxygen atoms in total. The SMILES string of the molecule is CCN(C1CCC(O)CC1)C(C)(C)C. The van der Waals surface area contributed by atoms with E-state index in [-0.39, 0.29) is 11.6 Å².